The molecule has 108 valence electrons. The largest absolute Gasteiger partial charge is 0.497 e. The number of nitrogens with one attached hydrogen (secondary N) is 3. The molecule has 1 heterocycles. The summed E-state index contributed by atoms with van der Waals surface area (Å²) in [6, 6.07) is 7.07. The van der Waals surface area contributed by atoms with E-state index in [2.05, 4.69) is 20.5 Å². The van der Waals surface area contributed by atoms with Crippen molar-refractivity contribution in [3.05, 3.63) is 24.3 Å². The fourth-order valence-electron chi connectivity index (χ4n) is 2.11. The molecule has 0 bridgehead atoms. The van der Waals surface area contributed by atoms with Crippen LogP contribution in [0, 0.1) is 0 Å². The van der Waals surface area contributed by atoms with Crippen LogP contribution in [-0.4, -0.2) is 49.7 Å². The van der Waals surface area contributed by atoms with Crippen molar-refractivity contribution in [1.29, 1.82) is 0 Å². The van der Waals surface area contributed by atoms with E-state index < -0.39 is 0 Å². The minimum Gasteiger partial charge on any atom is -0.497 e. The van der Waals surface area contributed by atoms with Crippen molar-refractivity contribution in [1.82, 2.24) is 10.6 Å². The molecule has 0 saturated carbocycles. The first kappa shape index (κ1) is 14.2. The van der Waals surface area contributed by atoms with Crippen LogP contribution >= 0.6 is 0 Å². The van der Waals surface area contributed by atoms with Crippen molar-refractivity contribution >= 4 is 17.6 Å². The highest BCUT2D eigenvalue weighted by Crippen LogP contribution is 2.16. The summed E-state index contributed by atoms with van der Waals surface area (Å²) in [5.41, 5.74) is 0.715. The molecule has 2 amide bonds. The standard InChI is InChI=1S/C14H20N4O2/c1-11-15-6-8-18(11)9-7-16-14(19)17-12-4-3-5-13(10-12)20-2/h3-5,10H,6-9H2,1-2H3,(H2,16,17,19)/p+1. The fourth-order valence-corrected chi connectivity index (χ4v) is 2.11. The van der Waals surface area contributed by atoms with Gasteiger partial charge < -0.3 is 15.4 Å². The zero-order valence-corrected chi connectivity index (χ0v) is 11.9. The molecular formula is C14H21N4O2+. The molecule has 0 atom stereocenters. The van der Waals surface area contributed by atoms with Crippen LogP contribution in [0.1, 0.15) is 6.92 Å². The van der Waals surface area contributed by atoms with Gasteiger partial charge in [-0.15, -0.1) is 0 Å². The molecule has 0 spiro atoms. The summed E-state index contributed by atoms with van der Waals surface area (Å²) < 4.78 is 7.32. The number of anilines is 1. The molecule has 1 aromatic carbocycles. The molecule has 0 unspecified atom stereocenters. The van der Waals surface area contributed by atoms with Crippen molar-refractivity contribution in [3.8, 4) is 5.75 Å². The highest BCUT2D eigenvalue weighted by molar-refractivity contribution is 5.89. The minimum absolute atomic E-state index is 0.205. The number of benzene rings is 1. The lowest BCUT2D eigenvalue weighted by atomic mass is 10.3. The second-order valence-electron chi connectivity index (χ2n) is 4.61. The van der Waals surface area contributed by atoms with Gasteiger partial charge in [-0.25, -0.2) is 4.79 Å². The number of hydrogen-bond acceptors (Lipinski definition) is 3. The van der Waals surface area contributed by atoms with E-state index in [1.165, 1.54) is 5.84 Å². The molecular weight excluding hydrogens is 256 g/mol. The topological polar surface area (TPSA) is 65.4 Å². The van der Waals surface area contributed by atoms with Gasteiger partial charge in [0.1, 0.15) is 25.4 Å². The number of carbonyl (C=O) groups is 1. The summed E-state index contributed by atoms with van der Waals surface area (Å²) in [5.74, 6) is 1.89. The maximum atomic E-state index is 11.8. The Kier molecular flexibility index (Phi) is 4.81. The Morgan fingerprint density at radius 1 is 1.50 bits per heavy atom. The lowest BCUT2D eigenvalue weighted by Crippen LogP contribution is -2.34. The van der Waals surface area contributed by atoms with Crippen molar-refractivity contribution in [3.63, 3.8) is 0 Å². The van der Waals surface area contributed by atoms with Gasteiger partial charge in [0.25, 0.3) is 0 Å². The highest BCUT2D eigenvalue weighted by atomic mass is 16.5. The Balaban J connectivity index is 1.76. The van der Waals surface area contributed by atoms with E-state index >= 15 is 0 Å². The van der Waals surface area contributed by atoms with Crippen molar-refractivity contribution in [2.45, 2.75) is 6.92 Å². The van der Waals surface area contributed by atoms with Crippen LogP contribution in [-0.2, 0) is 0 Å². The van der Waals surface area contributed by atoms with Crippen LogP contribution in [0.25, 0.3) is 0 Å². The van der Waals surface area contributed by atoms with Gasteiger partial charge in [0.2, 0.25) is 5.84 Å². The van der Waals surface area contributed by atoms with Gasteiger partial charge in [0, 0.05) is 18.7 Å². The normalized spacial score (nSPS) is 13.9. The summed E-state index contributed by atoms with van der Waals surface area (Å²) in [5, 5.41) is 8.89. The summed E-state index contributed by atoms with van der Waals surface area (Å²) in [6.07, 6.45) is 0. The first-order chi connectivity index (χ1) is 9.69. The predicted octanol–water partition coefficient (Wildman–Crippen LogP) is 0.851. The summed E-state index contributed by atoms with van der Waals surface area (Å²) in [7, 11) is 1.60. The Morgan fingerprint density at radius 3 is 3.05 bits per heavy atom. The van der Waals surface area contributed by atoms with Gasteiger partial charge >= 0.3 is 6.03 Å². The van der Waals surface area contributed by atoms with E-state index in [0.29, 0.717) is 12.2 Å². The molecule has 1 aliphatic rings. The molecule has 0 fully saturated rings. The molecule has 0 saturated heterocycles. The first-order valence-corrected chi connectivity index (χ1v) is 6.70. The van der Waals surface area contributed by atoms with Crippen molar-refractivity contribution in [2.75, 3.05) is 38.6 Å². The quantitative estimate of drug-likeness (QED) is 0.699. The summed E-state index contributed by atoms with van der Waals surface area (Å²) >= 11 is 0. The smallest absolute Gasteiger partial charge is 0.319 e. The van der Waals surface area contributed by atoms with Crippen molar-refractivity contribution in [2.24, 2.45) is 0 Å². The second kappa shape index (κ2) is 6.79. The first-order valence-electron chi connectivity index (χ1n) is 6.70. The van der Waals surface area contributed by atoms with E-state index in [4.69, 9.17) is 4.74 Å². The van der Waals surface area contributed by atoms with Crippen LogP contribution < -0.4 is 20.7 Å². The number of hydrogen-bond donors (Lipinski definition) is 3. The Morgan fingerprint density at radius 2 is 2.35 bits per heavy atom. The predicted molar refractivity (Wildman–Crippen MR) is 78.7 cm³/mol. The van der Waals surface area contributed by atoms with Gasteiger partial charge in [-0.1, -0.05) is 6.07 Å². The molecule has 0 aromatic heterocycles. The molecule has 3 N–H and O–H groups in total. The maximum Gasteiger partial charge on any atom is 0.319 e. The maximum absolute atomic E-state index is 11.8. The number of urea groups is 1. The number of ether oxygens (including phenoxy) is 1. The molecule has 1 aliphatic heterocycles. The number of rotatable bonds is 5. The average Bonchev–Trinajstić information content (AvgIpc) is 2.85. The van der Waals surface area contributed by atoms with Crippen LogP contribution in [0.15, 0.2) is 24.3 Å². The minimum atomic E-state index is -0.205. The van der Waals surface area contributed by atoms with Gasteiger partial charge in [-0.05, 0) is 12.1 Å². The molecule has 6 heteroatoms. The van der Waals surface area contributed by atoms with Crippen LogP contribution in [0.3, 0.4) is 0 Å². The lowest BCUT2D eigenvalue weighted by Gasteiger charge is -2.08. The highest BCUT2D eigenvalue weighted by Gasteiger charge is 2.15. The monoisotopic (exact) mass is 277 g/mol. The third-order valence-electron chi connectivity index (χ3n) is 3.23. The van der Waals surface area contributed by atoms with Gasteiger partial charge in [0.05, 0.1) is 13.7 Å². The molecule has 6 nitrogen and oxygen atoms in total. The third-order valence-corrected chi connectivity index (χ3v) is 3.23. The van der Waals surface area contributed by atoms with Crippen LogP contribution in [0.5, 0.6) is 5.75 Å². The molecule has 0 aliphatic carbocycles. The molecule has 2 rings (SSSR count). The average molecular weight is 277 g/mol. The van der Waals surface area contributed by atoms with E-state index in [1.54, 1.807) is 13.2 Å². The third kappa shape index (κ3) is 3.88. The van der Waals surface area contributed by atoms with Crippen LogP contribution in [0.4, 0.5) is 10.5 Å². The summed E-state index contributed by atoms with van der Waals surface area (Å²) in [6.45, 7) is 5.43. The van der Waals surface area contributed by atoms with Gasteiger partial charge in [-0.2, -0.15) is 0 Å². The Labute approximate surface area is 118 Å². The second-order valence-corrected chi connectivity index (χ2v) is 4.61. The van der Waals surface area contributed by atoms with Gasteiger partial charge in [0.15, 0.2) is 0 Å². The zero-order valence-electron chi connectivity index (χ0n) is 11.9. The fraction of sp³-hybridized carbons (Fsp3) is 0.429. The van der Waals surface area contributed by atoms with Crippen LogP contribution in [0.2, 0.25) is 0 Å². The number of amides is 2. The van der Waals surface area contributed by atoms with E-state index in [9.17, 15) is 4.79 Å². The zero-order chi connectivity index (χ0) is 14.4. The lowest BCUT2D eigenvalue weighted by molar-refractivity contribution is -0.516. The van der Waals surface area contributed by atoms with Gasteiger partial charge in [-0.3, -0.25) is 9.89 Å². The number of methoxy groups -OCH3 is 1. The number of nitrogens with zero attached hydrogens (tertiary/aromatic N) is 1. The van der Waals surface area contributed by atoms with Crippen molar-refractivity contribution < 1.29 is 14.1 Å². The molecule has 0 radical (unpaired) electrons. The summed E-state index contributed by atoms with van der Waals surface area (Å²) in [4.78, 5) is 11.8. The number of amidine groups is 1. The Hall–Kier alpha value is -2.24. The SMILES string of the molecule is COc1cccc(NC(=O)NCC[N+]2=C(C)NCC2)c1. The van der Waals surface area contributed by atoms with E-state index in [1.807, 2.05) is 25.1 Å². The number of carbonyl (C=O) groups excluding carboxylic acids is 1. The van der Waals surface area contributed by atoms with E-state index in [-0.39, 0.29) is 6.03 Å². The molecule has 20 heavy (non-hydrogen) atoms. The van der Waals surface area contributed by atoms with E-state index in [0.717, 1.165) is 25.4 Å². The molecule has 1 aromatic rings. The Bertz CT molecular complexity index is 514.